The van der Waals surface area contributed by atoms with Crippen molar-refractivity contribution in [1.82, 2.24) is 0 Å². The molecule has 2 aromatic carbocycles. The molecule has 2 aromatic rings. The second-order valence-corrected chi connectivity index (χ2v) is 5.64. The summed E-state index contributed by atoms with van der Waals surface area (Å²) in [6.45, 7) is 0. The maximum atomic E-state index is 12.2. The first kappa shape index (κ1) is 15.5. The fourth-order valence-electron chi connectivity index (χ4n) is 1.64. The van der Waals surface area contributed by atoms with Crippen molar-refractivity contribution in [1.29, 1.82) is 0 Å². The Hall–Kier alpha value is -1.87. The first-order valence-corrected chi connectivity index (χ1v) is 7.08. The molecule has 1 amide bonds. The Morgan fingerprint density at radius 2 is 2.00 bits per heavy atom. The largest absolute Gasteiger partial charge is 0.508 e. The number of nitrogens with zero attached hydrogens (tertiary/aromatic N) is 1. The molecule has 0 saturated carbocycles. The summed E-state index contributed by atoms with van der Waals surface area (Å²) in [5, 5.41) is 23.1. The van der Waals surface area contributed by atoms with E-state index in [9.17, 15) is 20.0 Å². The molecule has 0 spiro atoms. The van der Waals surface area contributed by atoms with Crippen LogP contribution in [0.5, 0.6) is 5.75 Å². The molecule has 2 N–H and O–H groups in total. The summed E-state index contributed by atoms with van der Waals surface area (Å²) in [6, 6.07) is 8.28. The first-order chi connectivity index (χ1) is 9.88. The van der Waals surface area contributed by atoms with Crippen molar-refractivity contribution in [2.45, 2.75) is 0 Å². The molecule has 0 fully saturated rings. The zero-order valence-electron chi connectivity index (χ0n) is 10.3. The molecule has 0 bridgehead atoms. The van der Waals surface area contributed by atoms with Gasteiger partial charge in [0.15, 0.2) is 0 Å². The highest BCUT2D eigenvalue weighted by molar-refractivity contribution is 14.1. The van der Waals surface area contributed by atoms with Crippen LogP contribution < -0.4 is 5.32 Å². The van der Waals surface area contributed by atoms with Crippen molar-refractivity contribution in [2.24, 2.45) is 0 Å². The average Bonchev–Trinajstić information content (AvgIpc) is 2.43. The van der Waals surface area contributed by atoms with Crippen LogP contribution in [0.1, 0.15) is 10.4 Å². The lowest BCUT2D eigenvalue weighted by Gasteiger charge is -2.08. The number of halogens is 2. The highest BCUT2D eigenvalue weighted by Gasteiger charge is 2.18. The van der Waals surface area contributed by atoms with Crippen LogP contribution in [0.15, 0.2) is 36.4 Å². The summed E-state index contributed by atoms with van der Waals surface area (Å²) in [6.07, 6.45) is 0. The van der Waals surface area contributed by atoms with E-state index in [-0.39, 0.29) is 17.1 Å². The number of aromatic hydroxyl groups is 1. The van der Waals surface area contributed by atoms with E-state index in [1.807, 2.05) is 22.6 Å². The molecule has 0 radical (unpaired) electrons. The van der Waals surface area contributed by atoms with Crippen molar-refractivity contribution < 1.29 is 14.8 Å². The topological polar surface area (TPSA) is 92.5 Å². The number of benzene rings is 2. The van der Waals surface area contributed by atoms with Gasteiger partial charge in [0, 0.05) is 8.59 Å². The fourth-order valence-corrected chi connectivity index (χ4v) is 2.39. The molecule has 0 atom stereocenters. The minimum Gasteiger partial charge on any atom is -0.508 e. The Bertz CT molecular complexity index is 736. The van der Waals surface area contributed by atoms with E-state index in [2.05, 4.69) is 5.32 Å². The zero-order chi connectivity index (χ0) is 15.6. The van der Waals surface area contributed by atoms with Crippen molar-refractivity contribution in [3.63, 3.8) is 0 Å². The lowest BCUT2D eigenvalue weighted by molar-refractivity contribution is -0.384. The van der Waals surface area contributed by atoms with Gasteiger partial charge >= 0.3 is 0 Å². The normalized spacial score (nSPS) is 10.2. The molecule has 6 nitrogen and oxygen atoms in total. The SMILES string of the molecule is O=C(Nc1ccc(O)cc1[N+](=O)[O-])c1cc(Cl)ccc1I. The maximum absolute atomic E-state index is 12.2. The lowest BCUT2D eigenvalue weighted by atomic mass is 10.2. The number of hydrogen-bond acceptors (Lipinski definition) is 4. The van der Waals surface area contributed by atoms with Crippen molar-refractivity contribution in [3.8, 4) is 5.75 Å². The van der Waals surface area contributed by atoms with Crippen molar-refractivity contribution >= 4 is 51.5 Å². The number of amides is 1. The summed E-state index contributed by atoms with van der Waals surface area (Å²) in [4.78, 5) is 22.4. The molecule has 0 aliphatic heterocycles. The number of carbonyl (C=O) groups is 1. The molecule has 0 aliphatic rings. The maximum Gasteiger partial charge on any atom is 0.296 e. The minimum absolute atomic E-state index is 0.00132. The molecule has 2 rings (SSSR count). The fraction of sp³-hybridized carbons (Fsp3) is 0. The third kappa shape index (κ3) is 3.61. The second-order valence-electron chi connectivity index (χ2n) is 4.04. The van der Waals surface area contributed by atoms with Crippen LogP contribution in [0.3, 0.4) is 0 Å². The molecule has 0 saturated heterocycles. The third-order valence-corrected chi connectivity index (χ3v) is 3.78. The average molecular weight is 419 g/mol. The Morgan fingerprint density at radius 1 is 1.29 bits per heavy atom. The molecular formula is C13H8ClIN2O4. The van der Waals surface area contributed by atoms with Crippen LogP contribution in [0, 0.1) is 13.7 Å². The van der Waals surface area contributed by atoms with Gasteiger partial charge < -0.3 is 10.4 Å². The van der Waals surface area contributed by atoms with Gasteiger partial charge in [0.2, 0.25) is 0 Å². The van der Waals surface area contributed by atoms with Gasteiger partial charge in [0.25, 0.3) is 11.6 Å². The smallest absolute Gasteiger partial charge is 0.296 e. The van der Waals surface area contributed by atoms with E-state index in [1.54, 1.807) is 12.1 Å². The van der Waals surface area contributed by atoms with E-state index < -0.39 is 10.8 Å². The van der Waals surface area contributed by atoms with Crippen molar-refractivity contribution in [3.05, 3.63) is 60.7 Å². The summed E-state index contributed by atoms with van der Waals surface area (Å²) < 4.78 is 0.663. The van der Waals surface area contributed by atoms with Gasteiger partial charge in [-0.15, -0.1) is 0 Å². The summed E-state index contributed by atoms with van der Waals surface area (Å²) in [5.41, 5.74) is -0.0792. The second kappa shape index (κ2) is 6.27. The Kier molecular flexibility index (Phi) is 4.63. The van der Waals surface area contributed by atoms with Crippen LogP contribution in [0.2, 0.25) is 5.02 Å². The number of nitrogens with one attached hydrogen (secondary N) is 1. The van der Waals surface area contributed by atoms with Gasteiger partial charge in [-0.2, -0.15) is 0 Å². The van der Waals surface area contributed by atoms with Crippen LogP contribution >= 0.6 is 34.2 Å². The molecule has 0 aromatic heterocycles. The Morgan fingerprint density at radius 3 is 2.67 bits per heavy atom. The summed E-state index contributed by atoms with van der Waals surface area (Å²) in [5.74, 6) is -0.771. The molecule has 21 heavy (non-hydrogen) atoms. The summed E-state index contributed by atoms with van der Waals surface area (Å²) >= 11 is 7.81. The molecule has 108 valence electrons. The van der Waals surface area contributed by atoms with E-state index >= 15 is 0 Å². The van der Waals surface area contributed by atoms with Gasteiger partial charge in [-0.3, -0.25) is 14.9 Å². The van der Waals surface area contributed by atoms with Gasteiger partial charge in [0.1, 0.15) is 11.4 Å². The highest BCUT2D eigenvalue weighted by Crippen LogP contribution is 2.29. The van der Waals surface area contributed by atoms with Crippen LogP contribution in [-0.2, 0) is 0 Å². The number of nitro groups is 1. The van der Waals surface area contributed by atoms with E-state index in [1.165, 1.54) is 18.2 Å². The Balaban J connectivity index is 2.36. The number of rotatable bonds is 3. The first-order valence-electron chi connectivity index (χ1n) is 5.62. The number of phenolic OH excluding ortho intramolecular Hbond substituents is 1. The number of carbonyl (C=O) groups excluding carboxylic acids is 1. The van der Waals surface area contributed by atoms with Crippen LogP contribution in [0.4, 0.5) is 11.4 Å². The van der Waals surface area contributed by atoms with E-state index in [0.29, 0.717) is 14.2 Å². The Labute approximate surface area is 138 Å². The molecule has 8 heteroatoms. The van der Waals surface area contributed by atoms with E-state index in [0.717, 1.165) is 6.07 Å². The quantitative estimate of drug-likeness (QED) is 0.343. The highest BCUT2D eigenvalue weighted by atomic mass is 127. The van der Waals surface area contributed by atoms with Gasteiger partial charge in [-0.25, -0.2) is 0 Å². The predicted octanol–water partition coefficient (Wildman–Crippen LogP) is 3.81. The van der Waals surface area contributed by atoms with Gasteiger partial charge in [-0.05, 0) is 52.9 Å². The number of nitro benzene ring substituents is 1. The lowest BCUT2D eigenvalue weighted by Crippen LogP contribution is -2.14. The summed E-state index contributed by atoms with van der Waals surface area (Å²) in [7, 11) is 0. The minimum atomic E-state index is -0.682. The van der Waals surface area contributed by atoms with Gasteiger partial charge in [-0.1, -0.05) is 11.6 Å². The zero-order valence-corrected chi connectivity index (χ0v) is 13.3. The number of hydrogen-bond donors (Lipinski definition) is 2. The molecule has 0 aliphatic carbocycles. The third-order valence-electron chi connectivity index (χ3n) is 2.60. The standard InChI is InChI=1S/C13H8ClIN2O4/c14-7-1-3-10(15)9(5-7)13(19)16-11-4-2-8(18)6-12(11)17(20)21/h1-6,18H,(H,16,19). The van der Waals surface area contributed by atoms with Crippen LogP contribution in [0.25, 0.3) is 0 Å². The molecule has 0 heterocycles. The number of anilines is 1. The predicted molar refractivity (Wildman–Crippen MR) is 86.9 cm³/mol. The monoisotopic (exact) mass is 418 g/mol. The van der Waals surface area contributed by atoms with Crippen molar-refractivity contribution in [2.75, 3.05) is 5.32 Å². The van der Waals surface area contributed by atoms with E-state index in [4.69, 9.17) is 11.6 Å². The van der Waals surface area contributed by atoms with Gasteiger partial charge in [0.05, 0.1) is 16.6 Å². The molecule has 0 unspecified atom stereocenters. The number of phenols is 1. The molecular weight excluding hydrogens is 411 g/mol. The van der Waals surface area contributed by atoms with Crippen LogP contribution in [-0.4, -0.2) is 15.9 Å².